The third kappa shape index (κ3) is 4.57. The second-order valence-corrected chi connectivity index (χ2v) is 7.89. The fourth-order valence-electron chi connectivity index (χ4n) is 3.16. The molecule has 1 aromatic rings. The SMILES string of the molecule is C[C@@H]1CCN(C(=O)NCc2ccccc2N2CCOCC2)CCS1. The highest BCUT2D eigenvalue weighted by atomic mass is 32.2. The summed E-state index contributed by atoms with van der Waals surface area (Å²) in [5.74, 6) is 1.03. The van der Waals surface area contributed by atoms with Crippen molar-refractivity contribution in [1.29, 1.82) is 0 Å². The molecule has 24 heavy (non-hydrogen) atoms. The summed E-state index contributed by atoms with van der Waals surface area (Å²) in [5, 5.41) is 3.75. The Bertz CT molecular complexity index is 549. The van der Waals surface area contributed by atoms with Gasteiger partial charge in [0, 0.05) is 49.4 Å². The van der Waals surface area contributed by atoms with Crippen molar-refractivity contribution in [2.45, 2.75) is 25.1 Å². The standard InChI is InChI=1S/C18H27N3O2S/c1-15-6-7-21(10-13-24-15)18(22)19-14-16-4-2-3-5-17(16)20-8-11-23-12-9-20/h2-5,15H,6-14H2,1H3,(H,19,22)/t15-/m1/s1. The fraction of sp³-hybridized carbons (Fsp3) is 0.611. The number of nitrogens with zero attached hydrogens (tertiary/aromatic N) is 2. The van der Waals surface area contributed by atoms with Crippen molar-refractivity contribution in [2.75, 3.05) is 50.0 Å². The van der Waals surface area contributed by atoms with Gasteiger partial charge in [-0.1, -0.05) is 25.1 Å². The first-order valence-corrected chi connectivity index (χ1v) is 9.84. The molecule has 2 aliphatic rings. The largest absolute Gasteiger partial charge is 0.378 e. The van der Waals surface area contributed by atoms with E-state index in [1.165, 1.54) is 11.3 Å². The number of hydrogen-bond donors (Lipinski definition) is 1. The maximum atomic E-state index is 12.5. The van der Waals surface area contributed by atoms with Gasteiger partial charge in [-0.05, 0) is 18.1 Å². The third-order valence-corrected chi connectivity index (χ3v) is 5.85. The first kappa shape index (κ1) is 17.4. The molecule has 2 saturated heterocycles. The van der Waals surface area contributed by atoms with E-state index in [0.717, 1.165) is 51.6 Å². The molecule has 0 aliphatic carbocycles. The molecule has 1 aromatic carbocycles. The van der Waals surface area contributed by atoms with Crippen molar-refractivity contribution in [3.05, 3.63) is 29.8 Å². The highest BCUT2D eigenvalue weighted by Crippen LogP contribution is 2.22. The number of urea groups is 1. The molecule has 0 unspecified atom stereocenters. The summed E-state index contributed by atoms with van der Waals surface area (Å²) < 4.78 is 5.44. The van der Waals surface area contributed by atoms with Crippen molar-refractivity contribution >= 4 is 23.5 Å². The lowest BCUT2D eigenvalue weighted by atomic mass is 10.1. The summed E-state index contributed by atoms with van der Waals surface area (Å²) in [5.41, 5.74) is 2.38. The van der Waals surface area contributed by atoms with E-state index in [1.54, 1.807) is 0 Å². The predicted octanol–water partition coefficient (Wildman–Crippen LogP) is 2.56. The van der Waals surface area contributed by atoms with E-state index >= 15 is 0 Å². The number of ether oxygens (including phenoxy) is 1. The van der Waals surface area contributed by atoms with Gasteiger partial charge in [-0.2, -0.15) is 11.8 Å². The summed E-state index contributed by atoms with van der Waals surface area (Å²) in [7, 11) is 0. The highest BCUT2D eigenvalue weighted by Gasteiger charge is 2.19. The van der Waals surface area contributed by atoms with Crippen LogP contribution in [0.1, 0.15) is 18.9 Å². The number of rotatable bonds is 3. The minimum Gasteiger partial charge on any atom is -0.378 e. The Morgan fingerprint density at radius 1 is 1.25 bits per heavy atom. The zero-order valence-electron chi connectivity index (χ0n) is 14.4. The molecular formula is C18H27N3O2S. The molecule has 0 bridgehead atoms. The molecule has 5 nitrogen and oxygen atoms in total. The number of carbonyl (C=O) groups is 1. The van der Waals surface area contributed by atoms with Gasteiger partial charge in [0.05, 0.1) is 13.2 Å². The molecule has 0 radical (unpaired) electrons. The number of morpholine rings is 1. The summed E-state index contributed by atoms with van der Waals surface area (Å²) in [4.78, 5) is 16.8. The summed E-state index contributed by atoms with van der Waals surface area (Å²) in [6.07, 6.45) is 1.07. The number of anilines is 1. The fourth-order valence-corrected chi connectivity index (χ4v) is 4.16. The van der Waals surface area contributed by atoms with E-state index in [0.29, 0.717) is 11.8 Å². The molecule has 3 rings (SSSR count). The van der Waals surface area contributed by atoms with Crippen LogP contribution >= 0.6 is 11.8 Å². The van der Waals surface area contributed by atoms with Gasteiger partial charge < -0.3 is 19.9 Å². The molecule has 1 N–H and O–H groups in total. The van der Waals surface area contributed by atoms with Gasteiger partial charge in [-0.15, -0.1) is 0 Å². The number of thioether (sulfide) groups is 1. The average Bonchev–Trinajstić information content (AvgIpc) is 2.85. The van der Waals surface area contributed by atoms with E-state index in [2.05, 4.69) is 35.3 Å². The number of hydrogen-bond acceptors (Lipinski definition) is 4. The molecule has 1 atom stereocenters. The van der Waals surface area contributed by atoms with Crippen molar-refractivity contribution in [2.24, 2.45) is 0 Å². The lowest BCUT2D eigenvalue weighted by molar-refractivity contribution is 0.122. The summed E-state index contributed by atoms with van der Waals surface area (Å²) in [6.45, 7) is 7.86. The zero-order valence-corrected chi connectivity index (χ0v) is 15.2. The van der Waals surface area contributed by atoms with Gasteiger partial charge in [0.2, 0.25) is 0 Å². The Balaban J connectivity index is 1.59. The van der Waals surface area contributed by atoms with E-state index in [9.17, 15) is 4.79 Å². The molecule has 0 saturated carbocycles. The van der Waals surface area contributed by atoms with Crippen LogP contribution in [0.3, 0.4) is 0 Å². The Morgan fingerprint density at radius 2 is 2.04 bits per heavy atom. The zero-order chi connectivity index (χ0) is 16.8. The van der Waals surface area contributed by atoms with Crippen LogP contribution in [-0.2, 0) is 11.3 Å². The molecule has 0 spiro atoms. The van der Waals surface area contributed by atoms with Crippen LogP contribution in [0.25, 0.3) is 0 Å². The van der Waals surface area contributed by atoms with Crippen LogP contribution in [0.2, 0.25) is 0 Å². The lowest BCUT2D eigenvalue weighted by Gasteiger charge is -2.31. The summed E-state index contributed by atoms with van der Waals surface area (Å²) >= 11 is 1.96. The van der Waals surface area contributed by atoms with Crippen LogP contribution in [0.5, 0.6) is 0 Å². The molecule has 2 fully saturated rings. The molecule has 0 aromatic heterocycles. The third-order valence-electron chi connectivity index (χ3n) is 4.63. The lowest BCUT2D eigenvalue weighted by Crippen LogP contribution is -2.41. The Morgan fingerprint density at radius 3 is 2.88 bits per heavy atom. The van der Waals surface area contributed by atoms with E-state index in [1.807, 2.05) is 22.7 Å². The molecule has 6 heteroatoms. The Hall–Kier alpha value is -1.40. The van der Waals surface area contributed by atoms with Crippen molar-refractivity contribution in [1.82, 2.24) is 10.2 Å². The van der Waals surface area contributed by atoms with Gasteiger partial charge in [0.15, 0.2) is 0 Å². The van der Waals surface area contributed by atoms with Crippen molar-refractivity contribution < 1.29 is 9.53 Å². The molecular weight excluding hydrogens is 322 g/mol. The van der Waals surface area contributed by atoms with Crippen molar-refractivity contribution in [3.63, 3.8) is 0 Å². The second-order valence-electron chi connectivity index (χ2n) is 6.34. The molecule has 2 aliphatic heterocycles. The van der Waals surface area contributed by atoms with Crippen LogP contribution in [0.15, 0.2) is 24.3 Å². The average molecular weight is 350 g/mol. The molecule has 132 valence electrons. The van der Waals surface area contributed by atoms with Crippen LogP contribution < -0.4 is 10.2 Å². The van der Waals surface area contributed by atoms with Crippen molar-refractivity contribution in [3.8, 4) is 0 Å². The quantitative estimate of drug-likeness (QED) is 0.911. The van der Waals surface area contributed by atoms with E-state index in [4.69, 9.17) is 4.74 Å². The number of nitrogens with one attached hydrogen (secondary N) is 1. The number of benzene rings is 1. The van der Waals surface area contributed by atoms with Gasteiger partial charge in [0.1, 0.15) is 0 Å². The topological polar surface area (TPSA) is 44.8 Å². The number of amides is 2. The molecule has 2 heterocycles. The second kappa shape index (κ2) is 8.62. The molecule has 2 amide bonds. The van der Waals surface area contributed by atoms with E-state index in [-0.39, 0.29) is 6.03 Å². The van der Waals surface area contributed by atoms with Crippen LogP contribution in [-0.4, -0.2) is 61.3 Å². The smallest absolute Gasteiger partial charge is 0.317 e. The predicted molar refractivity (Wildman–Crippen MR) is 99.8 cm³/mol. The maximum Gasteiger partial charge on any atom is 0.317 e. The minimum absolute atomic E-state index is 0.0569. The van der Waals surface area contributed by atoms with Gasteiger partial charge >= 0.3 is 6.03 Å². The van der Waals surface area contributed by atoms with Crippen LogP contribution in [0.4, 0.5) is 10.5 Å². The Kier molecular flexibility index (Phi) is 6.26. The summed E-state index contributed by atoms with van der Waals surface area (Å²) in [6, 6.07) is 8.39. The normalized spacial score (nSPS) is 22.1. The van der Waals surface area contributed by atoms with Gasteiger partial charge in [-0.3, -0.25) is 0 Å². The Labute approximate surface area is 148 Å². The van der Waals surface area contributed by atoms with Gasteiger partial charge in [-0.25, -0.2) is 4.79 Å². The maximum absolute atomic E-state index is 12.5. The number of carbonyl (C=O) groups excluding carboxylic acids is 1. The van der Waals surface area contributed by atoms with Gasteiger partial charge in [0.25, 0.3) is 0 Å². The monoisotopic (exact) mass is 349 g/mol. The van der Waals surface area contributed by atoms with Crippen LogP contribution in [0, 0.1) is 0 Å². The first-order chi connectivity index (χ1) is 11.7. The highest BCUT2D eigenvalue weighted by molar-refractivity contribution is 7.99. The number of para-hydroxylation sites is 1. The first-order valence-electron chi connectivity index (χ1n) is 8.79. The minimum atomic E-state index is 0.0569. The van der Waals surface area contributed by atoms with E-state index < -0.39 is 0 Å².